The smallest absolute Gasteiger partial charge is 0.0181 e. The van der Waals surface area contributed by atoms with E-state index in [4.69, 9.17) is 0 Å². The Labute approximate surface area is 117 Å². The van der Waals surface area contributed by atoms with Gasteiger partial charge in [0.2, 0.25) is 0 Å². The van der Waals surface area contributed by atoms with E-state index in [2.05, 4.69) is 56.1 Å². The topological polar surface area (TPSA) is 0 Å². The lowest BCUT2D eigenvalue weighted by molar-refractivity contribution is 0.941. The molecule has 0 amide bonds. The number of rotatable bonds is 0. The minimum atomic E-state index is 1.09. The number of hydrogen-bond donors (Lipinski definition) is 0. The average Bonchev–Trinajstić information content (AvgIpc) is 2.62. The molecule has 0 fully saturated rings. The summed E-state index contributed by atoms with van der Waals surface area (Å²) in [5.41, 5.74) is 9.06. The van der Waals surface area contributed by atoms with Crippen molar-refractivity contribution in [2.45, 2.75) is 19.3 Å². The van der Waals surface area contributed by atoms with Gasteiger partial charge in [-0.25, -0.2) is 0 Å². The Morgan fingerprint density at radius 1 is 0.647 bits per heavy atom. The molecule has 0 bridgehead atoms. The monoisotopic (exact) mass is 348 g/mol. The quantitative estimate of drug-likeness (QED) is 0.542. The zero-order valence-electron chi connectivity index (χ0n) is 9.19. The summed E-state index contributed by atoms with van der Waals surface area (Å²) in [5.74, 6) is 0. The van der Waals surface area contributed by atoms with Crippen LogP contribution in [-0.2, 0) is 19.3 Å². The summed E-state index contributed by atoms with van der Waals surface area (Å²) >= 11 is 7.25. The molecule has 0 nitrogen and oxygen atoms in total. The van der Waals surface area contributed by atoms with Crippen molar-refractivity contribution in [3.05, 3.63) is 55.5 Å². The van der Waals surface area contributed by atoms with Gasteiger partial charge in [-0.1, -0.05) is 31.9 Å². The summed E-state index contributed by atoms with van der Waals surface area (Å²) in [5, 5.41) is 0. The van der Waals surface area contributed by atoms with Gasteiger partial charge in [-0.05, 0) is 76.9 Å². The van der Waals surface area contributed by atoms with Crippen molar-refractivity contribution in [2.75, 3.05) is 0 Å². The highest BCUT2D eigenvalue weighted by molar-refractivity contribution is 9.10. The van der Waals surface area contributed by atoms with E-state index < -0.39 is 0 Å². The first-order valence-electron chi connectivity index (χ1n) is 5.85. The second kappa shape index (κ2) is 3.46. The second-order valence-corrected chi connectivity index (χ2v) is 6.71. The van der Waals surface area contributed by atoms with Gasteiger partial charge < -0.3 is 0 Å². The van der Waals surface area contributed by atoms with Crippen LogP contribution < -0.4 is 0 Å². The molecule has 2 aliphatic rings. The van der Waals surface area contributed by atoms with Gasteiger partial charge in [0.05, 0.1) is 0 Å². The minimum Gasteiger partial charge on any atom is -0.0508 e. The van der Waals surface area contributed by atoms with Crippen LogP contribution in [0.5, 0.6) is 0 Å². The summed E-state index contributed by atoms with van der Waals surface area (Å²) in [6, 6.07) is 9.14. The van der Waals surface area contributed by atoms with E-state index in [1.807, 2.05) is 0 Å². The van der Waals surface area contributed by atoms with Gasteiger partial charge in [-0.15, -0.1) is 0 Å². The van der Waals surface area contributed by atoms with E-state index in [9.17, 15) is 0 Å². The third kappa shape index (κ3) is 1.40. The van der Waals surface area contributed by atoms with Crippen LogP contribution in [0.1, 0.15) is 22.3 Å². The third-order valence-corrected chi connectivity index (χ3v) is 4.74. The molecular formula is C15H10Br2. The molecule has 2 heteroatoms. The molecule has 0 heterocycles. The van der Waals surface area contributed by atoms with Crippen LogP contribution in [0.2, 0.25) is 0 Å². The Kier molecular flexibility index (Phi) is 2.10. The highest BCUT2D eigenvalue weighted by atomic mass is 79.9. The maximum absolute atomic E-state index is 3.63. The van der Waals surface area contributed by atoms with Crippen molar-refractivity contribution in [3.8, 4) is 11.1 Å². The van der Waals surface area contributed by atoms with Crippen molar-refractivity contribution in [1.29, 1.82) is 0 Å². The molecule has 0 saturated carbocycles. The largest absolute Gasteiger partial charge is 0.0508 e. The fraction of sp³-hybridized carbons (Fsp3) is 0.200. The lowest BCUT2D eigenvalue weighted by atomic mass is 9.86. The van der Waals surface area contributed by atoms with Gasteiger partial charge >= 0.3 is 0 Å². The van der Waals surface area contributed by atoms with Gasteiger partial charge in [0.15, 0.2) is 0 Å². The molecule has 17 heavy (non-hydrogen) atoms. The summed E-state index contributed by atoms with van der Waals surface area (Å²) in [6.07, 6.45) is 3.43. The zero-order chi connectivity index (χ0) is 11.6. The maximum Gasteiger partial charge on any atom is 0.0181 e. The average molecular weight is 350 g/mol. The minimum absolute atomic E-state index is 1.09. The van der Waals surface area contributed by atoms with Gasteiger partial charge in [-0.2, -0.15) is 0 Å². The van der Waals surface area contributed by atoms with E-state index in [0.717, 1.165) is 6.42 Å². The number of halogens is 2. The van der Waals surface area contributed by atoms with Gasteiger partial charge in [-0.3, -0.25) is 0 Å². The Balaban J connectivity index is 2.12. The van der Waals surface area contributed by atoms with E-state index in [1.54, 1.807) is 0 Å². The molecule has 0 spiro atoms. The van der Waals surface area contributed by atoms with E-state index in [1.165, 1.54) is 55.2 Å². The molecule has 0 saturated heterocycles. The van der Waals surface area contributed by atoms with Gasteiger partial charge in [0, 0.05) is 8.95 Å². The molecule has 0 atom stereocenters. The van der Waals surface area contributed by atoms with Crippen LogP contribution in [0.15, 0.2) is 33.2 Å². The van der Waals surface area contributed by atoms with Crippen molar-refractivity contribution in [2.24, 2.45) is 0 Å². The van der Waals surface area contributed by atoms with Crippen molar-refractivity contribution < 1.29 is 0 Å². The Hall–Kier alpha value is -0.600. The summed E-state index contributed by atoms with van der Waals surface area (Å²) in [4.78, 5) is 0. The predicted octanol–water partition coefficient (Wildman–Crippen LogP) is 4.88. The standard InChI is InChI=1S/C15H10Br2/c16-12-4-8-1-2-9-5-13(17)7-11-3-10(6-12)14(8)15(9)11/h4-7H,1-3H2. The van der Waals surface area contributed by atoms with Crippen molar-refractivity contribution in [3.63, 3.8) is 0 Å². The van der Waals surface area contributed by atoms with E-state index in [0.29, 0.717) is 0 Å². The summed E-state index contributed by atoms with van der Waals surface area (Å²) in [6.45, 7) is 0. The molecule has 2 aromatic carbocycles. The lowest BCUT2D eigenvalue weighted by Gasteiger charge is -2.19. The third-order valence-electron chi connectivity index (χ3n) is 3.83. The Morgan fingerprint density at radius 2 is 1.06 bits per heavy atom. The molecule has 84 valence electrons. The first-order chi connectivity index (χ1) is 8.22. The predicted molar refractivity (Wildman–Crippen MR) is 77.5 cm³/mol. The molecule has 2 aliphatic carbocycles. The Morgan fingerprint density at radius 3 is 1.53 bits per heavy atom. The fourth-order valence-electron chi connectivity index (χ4n) is 3.24. The molecular weight excluding hydrogens is 340 g/mol. The number of aryl methyl sites for hydroxylation is 2. The molecule has 0 unspecified atom stereocenters. The van der Waals surface area contributed by atoms with Crippen LogP contribution in [0.4, 0.5) is 0 Å². The van der Waals surface area contributed by atoms with E-state index in [-0.39, 0.29) is 0 Å². The SMILES string of the molecule is Brc1cc2c3c(c1)Cc1cc(Br)cc(c1-3)CC2. The molecule has 2 aromatic rings. The summed E-state index contributed by atoms with van der Waals surface area (Å²) in [7, 11) is 0. The zero-order valence-corrected chi connectivity index (χ0v) is 12.4. The lowest BCUT2D eigenvalue weighted by Crippen LogP contribution is -2.03. The first-order valence-corrected chi connectivity index (χ1v) is 7.44. The van der Waals surface area contributed by atoms with Crippen LogP contribution in [-0.4, -0.2) is 0 Å². The highest BCUT2D eigenvalue weighted by Crippen LogP contribution is 2.46. The van der Waals surface area contributed by atoms with Crippen molar-refractivity contribution >= 4 is 31.9 Å². The fourth-order valence-corrected chi connectivity index (χ4v) is 4.35. The van der Waals surface area contributed by atoms with Crippen molar-refractivity contribution in [1.82, 2.24) is 0 Å². The van der Waals surface area contributed by atoms with Gasteiger partial charge in [0.1, 0.15) is 0 Å². The van der Waals surface area contributed by atoms with Crippen LogP contribution in [0.3, 0.4) is 0 Å². The molecule has 0 radical (unpaired) electrons. The number of benzene rings is 2. The Bertz CT molecular complexity index is 599. The first kappa shape index (κ1) is 10.3. The summed E-state index contributed by atoms with van der Waals surface area (Å²) < 4.78 is 2.45. The van der Waals surface area contributed by atoms with Crippen LogP contribution >= 0.6 is 31.9 Å². The van der Waals surface area contributed by atoms with Gasteiger partial charge in [0.25, 0.3) is 0 Å². The van der Waals surface area contributed by atoms with E-state index >= 15 is 0 Å². The molecule has 0 aliphatic heterocycles. The normalized spacial score (nSPS) is 14.9. The number of hydrogen-bond acceptors (Lipinski definition) is 0. The molecule has 0 N–H and O–H groups in total. The van der Waals surface area contributed by atoms with Crippen LogP contribution in [0.25, 0.3) is 11.1 Å². The maximum atomic E-state index is 3.63. The molecule has 4 rings (SSSR count). The highest BCUT2D eigenvalue weighted by Gasteiger charge is 2.28. The molecule has 0 aromatic heterocycles. The second-order valence-electron chi connectivity index (χ2n) is 4.87. The van der Waals surface area contributed by atoms with Crippen LogP contribution in [0, 0.1) is 0 Å².